The maximum absolute atomic E-state index is 8.02. The van der Waals surface area contributed by atoms with Gasteiger partial charge in [-0.3, -0.25) is 0 Å². The number of para-hydroxylation sites is 4. The fourth-order valence-corrected chi connectivity index (χ4v) is 18.3. The summed E-state index contributed by atoms with van der Waals surface area (Å²) in [6, 6.07) is 93.2. The van der Waals surface area contributed by atoms with Gasteiger partial charge >= 0.3 is 0 Å². The van der Waals surface area contributed by atoms with Gasteiger partial charge in [-0.05, 0) is 213 Å². The normalized spacial score (nSPS) is 13.8. The molecular formula is C88H96N4O8Si4. The monoisotopic (exact) mass is 1450 g/mol. The number of aryl methyl sites for hydroxylation is 4. The molecule has 0 saturated heterocycles. The molecule has 104 heavy (non-hydrogen) atoms. The largest absolute Gasteiger partial charge is 0.494 e. The zero-order chi connectivity index (χ0) is 73.1. The number of hydrogen-bond acceptors (Lipinski definition) is 12. The number of aromatic nitrogens is 4. The van der Waals surface area contributed by atoms with Crippen molar-refractivity contribution in [2.24, 2.45) is 0 Å². The van der Waals surface area contributed by atoms with Gasteiger partial charge in [-0.2, -0.15) is 0 Å². The third kappa shape index (κ3) is 18.3. The average Bonchev–Trinajstić information content (AvgIpc) is 0.732. The molecule has 12 rings (SSSR count). The highest BCUT2D eigenvalue weighted by Gasteiger charge is 2.48. The van der Waals surface area contributed by atoms with E-state index in [1.165, 1.54) is 10.4 Å². The molecule has 0 spiro atoms. The number of ether oxygens (including phenoxy) is 8. The molecule has 0 aliphatic heterocycles. The molecule has 0 aliphatic carbocycles. The number of hydrogen-bond donors (Lipinski definition) is 0. The van der Waals surface area contributed by atoms with Gasteiger partial charge in [0.05, 0.1) is 55.0 Å². The zero-order valence-corrected chi connectivity index (χ0v) is 68.9. The van der Waals surface area contributed by atoms with Crippen LogP contribution in [0.4, 0.5) is 0 Å². The number of rotatable bonds is 30. The van der Waals surface area contributed by atoms with Gasteiger partial charge in [-0.1, -0.05) is 180 Å². The Hall–Kier alpha value is -10.1. The van der Waals surface area contributed by atoms with Crippen LogP contribution in [0.5, 0.6) is 58.0 Å². The number of benzene rings is 8. The lowest BCUT2D eigenvalue weighted by Gasteiger charge is -2.44. The van der Waals surface area contributed by atoms with Gasteiger partial charge in [-0.15, -0.1) is 0 Å². The van der Waals surface area contributed by atoms with E-state index < -0.39 is 41.4 Å². The SMILES string of the molecule is CCOc1ccc(C(C[SiH3])(OC(C[SiH3])(c2ccc(OCC)cc2)c2cc(C)c(C)c(Oc3ccccc3)n2)c2cc(C)c(C)c(Oc3ccccc3)n2)cc1.Cc1ccc(C(C)(C[SiH2]c2ccccc2)OC(C)(C[SiH2]c2ccccc2)c2ccc(C)c(Oc3ccccc3)n2)nc1Oc1ccccc1. The lowest BCUT2D eigenvalue weighted by molar-refractivity contribution is -0.136. The fraction of sp³-hybridized carbons (Fsp3) is 0.227. The van der Waals surface area contributed by atoms with Crippen LogP contribution in [0.15, 0.2) is 267 Å². The van der Waals surface area contributed by atoms with Gasteiger partial charge in [0.25, 0.3) is 0 Å². The van der Waals surface area contributed by atoms with Crippen LogP contribution in [0, 0.1) is 41.5 Å². The topological polar surface area (TPSA) is 125 Å². The summed E-state index contributed by atoms with van der Waals surface area (Å²) >= 11 is 0. The van der Waals surface area contributed by atoms with Crippen LogP contribution in [-0.4, -0.2) is 72.7 Å². The maximum atomic E-state index is 8.02. The van der Waals surface area contributed by atoms with E-state index in [1.807, 2.05) is 173 Å². The number of pyridine rings is 4. The zero-order valence-electron chi connectivity index (χ0n) is 62.1. The Morgan fingerprint density at radius 3 is 0.923 bits per heavy atom. The number of nitrogens with zero attached hydrogens (tertiary/aromatic N) is 4. The van der Waals surface area contributed by atoms with Crippen LogP contribution in [0.25, 0.3) is 0 Å². The van der Waals surface area contributed by atoms with Crippen molar-refractivity contribution in [1.29, 1.82) is 0 Å². The molecular weight excluding hydrogens is 1350 g/mol. The van der Waals surface area contributed by atoms with Gasteiger partial charge < -0.3 is 37.9 Å². The molecule has 0 radical (unpaired) electrons. The molecule has 0 fully saturated rings. The van der Waals surface area contributed by atoms with Gasteiger partial charge in [0.15, 0.2) is 0 Å². The minimum atomic E-state index is -1.01. The first kappa shape index (κ1) is 75.1. The van der Waals surface area contributed by atoms with Crippen LogP contribution in [0.1, 0.15) is 95.0 Å². The van der Waals surface area contributed by atoms with Crippen LogP contribution >= 0.6 is 0 Å². The van der Waals surface area contributed by atoms with Crippen molar-refractivity contribution in [3.8, 4) is 58.0 Å². The predicted octanol–water partition coefficient (Wildman–Crippen LogP) is 16.5. The first-order valence-corrected chi connectivity index (χ1v) is 42.5. The summed E-state index contributed by atoms with van der Waals surface area (Å²) in [4.78, 5) is 21.0. The average molecular weight is 1450 g/mol. The van der Waals surface area contributed by atoms with Crippen LogP contribution < -0.4 is 38.8 Å². The minimum Gasteiger partial charge on any atom is -0.494 e. The van der Waals surface area contributed by atoms with Gasteiger partial charge in [0, 0.05) is 42.7 Å². The molecule has 16 heteroatoms. The van der Waals surface area contributed by atoms with Crippen molar-refractivity contribution >= 4 is 49.9 Å². The Balaban J connectivity index is 0.000000210. The molecule has 4 atom stereocenters. The first-order chi connectivity index (χ1) is 50.4. The molecule has 4 aromatic heterocycles. The highest BCUT2D eigenvalue weighted by molar-refractivity contribution is 6.54. The summed E-state index contributed by atoms with van der Waals surface area (Å²) in [7, 11) is 0.0996. The smallest absolute Gasteiger partial charge is 0.222 e. The summed E-state index contributed by atoms with van der Waals surface area (Å²) in [6.45, 7) is 21.9. The second-order valence-corrected chi connectivity index (χ2v) is 31.8. The fourth-order valence-electron chi connectivity index (χ4n) is 13.0. The van der Waals surface area contributed by atoms with Crippen LogP contribution in [-0.2, 0) is 31.9 Å². The van der Waals surface area contributed by atoms with Crippen molar-refractivity contribution in [3.05, 3.63) is 334 Å². The molecule has 0 bridgehead atoms. The molecule has 532 valence electrons. The summed E-state index contributed by atoms with van der Waals surface area (Å²) in [5, 5.41) is 2.77. The Morgan fingerprint density at radius 1 is 0.317 bits per heavy atom. The molecule has 8 aromatic carbocycles. The van der Waals surface area contributed by atoms with Gasteiger partial charge in [0.1, 0.15) is 56.9 Å². The van der Waals surface area contributed by atoms with E-state index in [1.54, 1.807) is 0 Å². The van der Waals surface area contributed by atoms with Crippen LogP contribution in [0.3, 0.4) is 0 Å². The highest BCUT2D eigenvalue weighted by atomic mass is 28.2. The molecule has 12 aromatic rings. The van der Waals surface area contributed by atoms with E-state index in [4.69, 9.17) is 57.8 Å². The van der Waals surface area contributed by atoms with Crippen molar-refractivity contribution in [3.63, 3.8) is 0 Å². The second kappa shape index (κ2) is 34.9. The minimum absolute atomic E-state index is 0.552. The molecule has 4 unspecified atom stereocenters. The standard InChI is InChI=1S/C46H52N2O5Si2.C42H44N2O3Si2/c1-7-49-37-23-19-35(20-24-37)45(29-54,41-27-31(3)33(5)43(47-41)51-39-15-11-9-12-16-39)53-46(30-55,36-21-25-38(26-22-36)50-8-2)42-28-32(4)34(6)44(48-42)52-40-17-13-10-14-18-40;1-31-25-27-37(43-39(31)45-33-17-9-5-10-18-33)41(3,29-48-35-21-13-7-14-22-35)47-42(4,30-49-36-23-15-8-16-24-36)38-28-26-32(2)40(44-38)46-34-19-11-6-12-20-34/h9-28H,7-8,29-30H2,1-6,54-55H3;5-28H,29-30,48-49H2,1-4H3. The lowest BCUT2D eigenvalue weighted by Crippen LogP contribution is -2.44. The molecule has 12 nitrogen and oxygen atoms in total. The summed E-state index contributed by atoms with van der Waals surface area (Å²) in [5.74, 6) is 6.84. The van der Waals surface area contributed by atoms with E-state index in [2.05, 4.69) is 163 Å². The van der Waals surface area contributed by atoms with Crippen molar-refractivity contribution in [2.75, 3.05) is 13.2 Å². The molecule has 0 saturated carbocycles. The Bertz CT molecular complexity index is 4430. The van der Waals surface area contributed by atoms with Gasteiger partial charge in [-0.25, -0.2) is 19.9 Å². The van der Waals surface area contributed by atoms with E-state index in [0.717, 1.165) is 134 Å². The Morgan fingerprint density at radius 2 is 0.615 bits per heavy atom. The lowest BCUT2D eigenvalue weighted by atomic mass is 9.85. The van der Waals surface area contributed by atoms with E-state index >= 15 is 0 Å². The maximum Gasteiger partial charge on any atom is 0.222 e. The molecule has 0 N–H and O–H groups in total. The van der Waals surface area contributed by atoms with E-state index in [9.17, 15) is 0 Å². The molecule has 0 aliphatic rings. The van der Waals surface area contributed by atoms with Crippen LogP contribution in [0.2, 0.25) is 24.2 Å². The highest BCUT2D eigenvalue weighted by Crippen LogP contribution is 2.50. The summed E-state index contributed by atoms with van der Waals surface area (Å²) in [5.41, 5.74) is 7.75. The van der Waals surface area contributed by atoms with Crippen molar-refractivity contribution in [2.45, 2.75) is 116 Å². The Labute approximate surface area is 625 Å². The van der Waals surface area contributed by atoms with E-state index in [-0.39, 0.29) is 0 Å². The molecule has 4 heterocycles. The Kier molecular flexibility index (Phi) is 25.2. The third-order valence-electron chi connectivity index (χ3n) is 19.3. The van der Waals surface area contributed by atoms with Crippen molar-refractivity contribution < 1.29 is 37.9 Å². The van der Waals surface area contributed by atoms with E-state index in [0.29, 0.717) is 48.8 Å². The van der Waals surface area contributed by atoms with Gasteiger partial charge in [0.2, 0.25) is 23.5 Å². The first-order valence-electron chi connectivity index (χ1n) is 36.3. The predicted molar refractivity (Wildman–Crippen MR) is 433 cm³/mol. The third-order valence-corrected chi connectivity index (χ3v) is 25.8. The molecule has 0 amide bonds. The summed E-state index contributed by atoms with van der Waals surface area (Å²) in [6.07, 6.45) is 0. The quantitative estimate of drug-likeness (QED) is 0.0398. The summed E-state index contributed by atoms with van der Waals surface area (Å²) < 4.78 is 53.1. The van der Waals surface area contributed by atoms with Crippen molar-refractivity contribution in [1.82, 2.24) is 19.9 Å². The second-order valence-electron chi connectivity index (χ2n) is 26.7.